The van der Waals surface area contributed by atoms with Gasteiger partial charge in [-0.25, -0.2) is 0 Å². The van der Waals surface area contributed by atoms with E-state index >= 15 is 0 Å². The van der Waals surface area contributed by atoms with Gasteiger partial charge in [0.05, 0.1) is 6.61 Å². The molecule has 0 amide bonds. The Kier molecular flexibility index (Phi) is 5.89. The molecule has 1 aromatic carbocycles. The van der Waals surface area contributed by atoms with E-state index in [1.807, 2.05) is 0 Å². The number of Topliss-reactive ketones (excluding diaryl/α,β-unsaturated/α-hetero) is 2. The highest BCUT2D eigenvalue weighted by molar-refractivity contribution is 6.45. The van der Waals surface area contributed by atoms with E-state index in [0.29, 0.717) is 24.5 Å². The number of benzene rings is 1. The Labute approximate surface area is 120 Å². The lowest BCUT2D eigenvalue weighted by Gasteiger charge is -2.15. The average molecular weight is 278 g/mol. The Morgan fingerprint density at radius 1 is 1.15 bits per heavy atom. The molecule has 20 heavy (non-hydrogen) atoms. The zero-order chi connectivity index (χ0) is 15.2. The molecular weight excluding hydrogens is 256 g/mol. The van der Waals surface area contributed by atoms with E-state index in [2.05, 4.69) is 0 Å². The van der Waals surface area contributed by atoms with E-state index in [9.17, 15) is 9.59 Å². The first kappa shape index (κ1) is 16.4. The minimum Gasteiger partial charge on any atom is -0.493 e. The average Bonchev–Trinajstić information content (AvgIpc) is 2.41. The highest BCUT2D eigenvalue weighted by Gasteiger charge is 2.29. The molecule has 0 bridgehead atoms. The number of hydrogen-bond acceptors (Lipinski definition) is 4. The summed E-state index contributed by atoms with van der Waals surface area (Å²) >= 11 is 0. The van der Waals surface area contributed by atoms with Crippen molar-refractivity contribution in [3.63, 3.8) is 0 Å². The van der Waals surface area contributed by atoms with Gasteiger partial charge in [-0.1, -0.05) is 32.9 Å². The number of carbonyl (C=O) groups is 2. The molecule has 0 aliphatic rings. The van der Waals surface area contributed by atoms with E-state index in [1.54, 1.807) is 52.1 Å². The van der Waals surface area contributed by atoms with Crippen LogP contribution in [0.5, 0.6) is 5.75 Å². The molecule has 0 N–H and O–H groups in total. The molecule has 0 fully saturated rings. The number of ketones is 2. The monoisotopic (exact) mass is 278 g/mol. The first-order valence-electron chi connectivity index (χ1n) is 6.67. The van der Waals surface area contributed by atoms with Crippen molar-refractivity contribution in [2.75, 3.05) is 20.3 Å². The van der Waals surface area contributed by atoms with Crippen molar-refractivity contribution >= 4 is 11.6 Å². The molecule has 110 valence electrons. The minimum atomic E-state index is -0.674. The summed E-state index contributed by atoms with van der Waals surface area (Å²) in [5.74, 6) is -0.275. The largest absolute Gasteiger partial charge is 0.493 e. The van der Waals surface area contributed by atoms with Gasteiger partial charge in [0.15, 0.2) is 0 Å². The second-order valence-corrected chi connectivity index (χ2v) is 5.63. The molecule has 0 heterocycles. The fourth-order valence-corrected chi connectivity index (χ4v) is 1.59. The third-order valence-electron chi connectivity index (χ3n) is 2.75. The summed E-state index contributed by atoms with van der Waals surface area (Å²) in [5.41, 5.74) is -0.305. The summed E-state index contributed by atoms with van der Waals surface area (Å²) in [6, 6.07) is 6.73. The molecule has 0 saturated carbocycles. The van der Waals surface area contributed by atoms with Crippen LogP contribution in [0.15, 0.2) is 24.3 Å². The first-order chi connectivity index (χ1) is 9.36. The quantitative estimate of drug-likeness (QED) is 0.437. The van der Waals surface area contributed by atoms with E-state index in [-0.39, 0.29) is 0 Å². The van der Waals surface area contributed by atoms with Crippen molar-refractivity contribution in [2.24, 2.45) is 5.41 Å². The van der Waals surface area contributed by atoms with Crippen LogP contribution in [0, 0.1) is 5.41 Å². The second-order valence-electron chi connectivity index (χ2n) is 5.63. The van der Waals surface area contributed by atoms with E-state index < -0.39 is 17.0 Å². The van der Waals surface area contributed by atoms with Gasteiger partial charge in [0.2, 0.25) is 11.6 Å². The second kappa shape index (κ2) is 7.20. The molecule has 0 radical (unpaired) electrons. The number of rotatable bonds is 7. The zero-order valence-corrected chi connectivity index (χ0v) is 12.6. The molecule has 0 saturated heterocycles. The highest BCUT2D eigenvalue weighted by Crippen LogP contribution is 2.20. The molecular formula is C16H22O4. The Bertz CT molecular complexity index is 472. The fraction of sp³-hybridized carbons (Fsp3) is 0.500. The lowest BCUT2D eigenvalue weighted by Crippen LogP contribution is -2.28. The van der Waals surface area contributed by atoms with Crippen molar-refractivity contribution in [1.82, 2.24) is 0 Å². The van der Waals surface area contributed by atoms with Gasteiger partial charge in [0.25, 0.3) is 0 Å². The van der Waals surface area contributed by atoms with Crippen LogP contribution >= 0.6 is 0 Å². The summed E-state index contributed by atoms with van der Waals surface area (Å²) in [6.45, 7) is 6.34. The zero-order valence-electron chi connectivity index (χ0n) is 12.6. The third kappa shape index (κ3) is 4.78. The number of hydrogen-bond donors (Lipinski definition) is 0. The number of ether oxygens (including phenoxy) is 2. The first-order valence-corrected chi connectivity index (χ1v) is 6.67. The lowest BCUT2D eigenvalue weighted by molar-refractivity contribution is -0.121. The van der Waals surface area contributed by atoms with E-state index in [0.717, 1.165) is 6.42 Å². The third-order valence-corrected chi connectivity index (χ3v) is 2.75. The smallest absolute Gasteiger partial charge is 0.229 e. The summed E-state index contributed by atoms with van der Waals surface area (Å²) < 4.78 is 10.5. The van der Waals surface area contributed by atoms with Crippen molar-refractivity contribution in [1.29, 1.82) is 0 Å². The van der Waals surface area contributed by atoms with Crippen LogP contribution in [0.2, 0.25) is 0 Å². The molecule has 0 aromatic heterocycles. The Balaban J connectivity index is 2.73. The van der Waals surface area contributed by atoms with Crippen molar-refractivity contribution in [3.05, 3.63) is 29.8 Å². The number of methoxy groups -OCH3 is 1. The van der Waals surface area contributed by atoms with Gasteiger partial charge in [0, 0.05) is 31.1 Å². The highest BCUT2D eigenvalue weighted by atomic mass is 16.5. The Morgan fingerprint density at radius 2 is 1.85 bits per heavy atom. The van der Waals surface area contributed by atoms with Crippen molar-refractivity contribution < 1.29 is 19.1 Å². The van der Waals surface area contributed by atoms with Gasteiger partial charge >= 0.3 is 0 Å². The van der Waals surface area contributed by atoms with Gasteiger partial charge in [0.1, 0.15) is 5.75 Å². The predicted molar refractivity (Wildman–Crippen MR) is 77.2 cm³/mol. The fourth-order valence-electron chi connectivity index (χ4n) is 1.59. The van der Waals surface area contributed by atoms with E-state index in [4.69, 9.17) is 9.47 Å². The normalized spacial score (nSPS) is 11.2. The molecule has 0 aliphatic carbocycles. The molecule has 0 aliphatic heterocycles. The van der Waals surface area contributed by atoms with Gasteiger partial charge in [-0.3, -0.25) is 9.59 Å². The van der Waals surface area contributed by atoms with Crippen LogP contribution in [0.3, 0.4) is 0 Å². The standard InChI is InChI=1S/C16H22O4/c1-16(2,3)15(18)14(17)12-7-5-8-13(11-12)20-10-6-9-19-4/h5,7-8,11H,6,9-10H2,1-4H3. The van der Waals surface area contributed by atoms with Crippen LogP contribution in [0.4, 0.5) is 0 Å². The molecule has 4 heteroatoms. The number of carbonyl (C=O) groups excluding carboxylic acids is 2. The minimum absolute atomic E-state index is 0.370. The predicted octanol–water partition coefficient (Wildman–Crippen LogP) is 2.90. The molecule has 1 rings (SSSR count). The molecule has 4 nitrogen and oxygen atoms in total. The summed E-state index contributed by atoms with van der Waals surface area (Å²) in [7, 11) is 1.64. The SMILES string of the molecule is COCCCOc1cccc(C(=O)C(=O)C(C)(C)C)c1. The topological polar surface area (TPSA) is 52.6 Å². The maximum atomic E-state index is 12.1. The Morgan fingerprint density at radius 3 is 2.45 bits per heavy atom. The summed E-state index contributed by atoms with van der Waals surface area (Å²) in [5, 5.41) is 0. The van der Waals surface area contributed by atoms with Crippen LogP contribution < -0.4 is 4.74 Å². The molecule has 0 spiro atoms. The van der Waals surface area contributed by atoms with Crippen LogP contribution in [0.25, 0.3) is 0 Å². The molecule has 0 unspecified atom stereocenters. The lowest BCUT2D eigenvalue weighted by atomic mass is 9.86. The van der Waals surface area contributed by atoms with Gasteiger partial charge in [-0.15, -0.1) is 0 Å². The van der Waals surface area contributed by atoms with Crippen LogP contribution in [0.1, 0.15) is 37.6 Å². The van der Waals surface area contributed by atoms with Gasteiger partial charge in [-0.05, 0) is 12.1 Å². The van der Waals surface area contributed by atoms with Crippen molar-refractivity contribution in [3.8, 4) is 5.75 Å². The van der Waals surface area contributed by atoms with Gasteiger partial charge < -0.3 is 9.47 Å². The Hall–Kier alpha value is -1.68. The summed E-state index contributed by atoms with van der Waals surface area (Å²) in [6.07, 6.45) is 0.773. The van der Waals surface area contributed by atoms with E-state index in [1.165, 1.54) is 0 Å². The maximum Gasteiger partial charge on any atom is 0.229 e. The van der Waals surface area contributed by atoms with Crippen LogP contribution in [-0.4, -0.2) is 31.9 Å². The summed E-state index contributed by atoms with van der Waals surface area (Å²) in [4.78, 5) is 24.1. The van der Waals surface area contributed by atoms with Crippen LogP contribution in [-0.2, 0) is 9.53 Å². The molecule has 1 aromatic rings. The molecule has 0 atom stereocenters. The van der Waals surface area contributed by atoms with Gasteiger partial charge in [-0.2, -0.15) is 0 Å². The van der Waals surface area contributed by atoms with Crippen molar-refractivity contribution in [2.45, 2.75) is 27.2 Å². The maximum absolute atomic E-state index is 12.1.